The van der Waals surface area contributed by atoms with Crippen LogP contribution >= 0.6 is 11.8 Å². The Bertz CT molecular complexity index is 246. The van der Waals surface area contributed by atoms with Gasteiger partial charge >= 0.3 is 0 Å². The summed E-state index contributed by atoms with van der Waals surface area (Å²) in [5.41, 5.74) is 2.01. The highest BCUT2D eigenvalue weighted by Gasteiger charge is 2.31. The first kappa shape index (κ1) is 13.3. The van der Waals surface area contributed by atoms with Gasteiger partial charge in [0, 0.05) is 11.2 Å². The number of hydrogen-bond acceptors (Lipinski definition) is 2. The summed E-state index contributed by atoms with van der Waals surface area (Å²) in [6.45, 7) is 3.27. The number of hydrogen-bond donors (Lipinski definition) is 0. The molecule has 0 aromatic heterocycles. The lowest BCUT2D eigenvalue weighted by molar-refractivity contribution is 0.109. The highest BCUT2D eigenvalue weighted by Crippen LogP contribution is 2.37. The molecule has 1 atom stereocenters. The van der Waals surface area contributed by atoms with E-state index in [1.807, 2.05) is 0 Å². The summed E-state index contributed by atoms with van der Waals surface area (Å²) < 4.78 is 5.93. The van der Waals surface area contributed by atoms with Crippen molar-refractivity contribution in [1.82, 2.24) is 0 Å². The van der Waals surface area contributed by atoms with Crippen molar-refractivity contribution in [3.05, 3.63) is 11.8 Å². The van der Waals surface area contributed by atoms with Gasteiger partial charge in [0.1, 0.15) is 0 Å². The topological polar surface area (TPSA) is 9.23 Å². The fraction of sp³-hybridized carbons (Fsp3) is 0.867. The summed E-state index contributed by atoms with van der Waals surface area (Å²) in [5.74, 6) is 2.65. The molecule has 0 aromatic rings. The van der Waals surface area contributed by atoms with Crippen LogP contribution in [0, 0.1) is 5.41 Å². The summed E-state index contributed by atoms with van der Waals surface area (Å²) in [7, 11) is 0. The first-order chi connectivity index (χ1) is 8.35. The van der Waals surface area contributed by atoms with Gasteiger partial charge in [-0.2, -0.15) is 11.8 Å². The summed E-state index contributed by atoms with van der Waals surface area (Å²) in [6.07, 6.45) is 12.8. The maximum atomic E-state index is 5.93. The number of allylic oxidation sites excluding steroid dienone is 1. The van der Waals surface area contributed by atoms with Crippen LogP contribution in [0.15, 0.2) is 11.8 Å². The van der Waals surface area contributed by atoms with Crippen LogP contribution in [-0.2, 0) is 4.74 Å². The zero-order valence-electron chi connectivity index (χ0n) is 11.2. The van der Waals surface area contributed by atoms with E-state index in [0.717, 1.165) is 6.61 Å². The Morgan fingerprint density at radius 1 is 1.24 bits per heavy atom. The van der Waals surface area contributed by atoms with Crippen molar-refractivity contribution in [2.45, 2.75) is 58.3 Å². The Balaban J connectivity index is 1.78. The first-order valence-corrected chi connectivity index (χ1v) is 8.37. The lowest BCUT2D eigenvalue weighted by Gasteiger charge is -2.35. The quantitative estimate of drug-likeness (QED) is 0.668. The molecule has 1 saturated carbocycles. The zero-order valence-corrected chi connectivity index (χ0v) is 12.0. The van der Waals surface area contributed by atoms with Crippen molar-refractivity contribution < 1.29 is 4.74 Å². The molecule has 1 unspecified atom stereocenters. The monoisotopic (exact) mass is 254 g/mol. The molecular weight excluding hydrogens is 228 g/mol. The average molecular weight is 254 g/mol. The van der Waals surface area contributed by atoms with E-state index >= 15 is 0 Å². The first-order valence-electron chi connectivity index (χ1n) is 7.22. The molecule has 1 nitrogen and oxygen atoms in total. The van der Waals surface area contributed by atoms with Gasteiger partial charge in [0.05, 0.1) is 12.9 Å². The van der Waals surface area contributed by atoms with Crippen molar-refractivity contribution in [1.29, 1.82) is 0 Å². The van der Waals surface area contributed by atoms with E-state index in [2.05, 4.69) is 24.9 Å². The third-order valence-corrected chi connectivity index (χ3v) is 5.68. The molecule has 0 amide bonds. The van der Waals surface area contributed by atoms with Gasteiger partial charge in [0.25, 0.3) is 0 Å². The van der Waals surface area contributed by atoms with Crippen molar-refractivity contribution in [2.75, 3.05) is 18.1 Å². The standard InChI is InChI=1S/C15H26OS/c1-2-15(9-6-10-17-13-15)12-16-11-14-7-4-3-5-8-14/h11H,2-10,12-13H2,1H3. The fourth-order valence-electron chi connectivity index (χ4n) is 2.86. The van der Waals surface area contributed by atoms with Gasteiger partial charge in [-0.3, -0.25) is 0 Å². The third kappa shape index (κ3) is 3.94. The number of thioether (sulfide) groups is 1. The SMILES string of the molecule is CCC1(COC=C2CCCCC2)CCCSC1. The Morgan fingerprint density at radius 2 is 2.06 bits per heavy atom. The van der Waals surface area contributed by atoms with E-state index in [1.54, 1.807) is 5.57 Å². The van der Waals surface area contributed by atoms with Gasteiger partial charge in [-0.15, -0.1) is 0 Å². The molecule has 0 bridgehead atoms. The summed E-state index contributed by atoms with van der Waals surface area (Å²) in [4.78, 5) is 0. The Hall–Kier alpha value is -0.110. The molecule has 0 radical (unpaired) electrons. The summed E-state index contributed by atoms with van der Waals surface area (Å²) in [5, 5.41) is 0. The molecule has 98 valence electrons. The van der Waals surface area contributed by atoms with Crippen LogP contribution in [0.3, 0.4) is 0 Å². The lowest BCUT2D eigenvalue weighted by Crippen LogP contribution is -2.31. The van der Waals surface area contributed by atoms with Gasteiger partial charge in [-0.05, 0) is 56.3 Å². The summed E-state index contributed by atoms with van der Waals surface area (Å²) >= 11 is 2.11. The molecule has 0 aromatic carbocycles. The van der Waals surface area contributed by atoms with Crippen LogP contribution in [0.5, 0.6) is 0 Å². The van der Waals surface area contributed by atoms with E-state index in [0.29, 0.717) is 5.41 Å². The van der Waals surface area contributed by atoms with Gasteiger partial charge < -0.3 is 4.74 Å². The van der Waals surface area contributed by atoms with Crippen molar-refractivity contribution in [3.8, 4) is 0 Å². The predicted molar refractivity (Wildman–Crippen MR) is 76.4 cm³/mol. The Kier molecular flexibility index (Phi) is 5.27. The fourth-order valence-corrected chi connectivity index (χ4v) is 4.22. The predicted octanol–water partition coefficient (Wildman–Crippen LogP) is 4.77. The molecule has 2 aliphatic rings. The van der Waals surface area contributed by atoms with E-state index in [-0.39, 0.29) is 0 Å². The van der Waals surface area contributed by atoms with E-state index < -0.39 is 0 Å². The van der Waals surface area contributed by atoms with Crippen LogP contribution < -0.4 is 0 Å². The minimum absolute atomic E-state index is 0.467. The molecule has 17 heavy (non-hydrogen) atoms. The second-order valence-corrected chi connectivity index (χ2v) is 6.76. The van der Waals surface area contributed by atoms with Crippen LogP contribution in [-0.4, -0.2) is 18.1 Å². The normalized spacial score (nSPS) is 30.1. The molecule has 1 aliphatic carbocycles. The largest absolute Gasteiger partial charge is 0.501 e. The lowest BCUT2D eigenvalue weighted by atomic mass is 9.83. The molecule has 0 spiro atoms. The van der Waals surface area contributed by atoms with Crippen molar-refractivity contribution in [3.63, 3.8) is 0 Å². The number of rotatable bonds is 4. The summed E-state index contributed by atoms with van der Waals surface area (Å²) in [6, 6.07) is 0. The maximum absolute atomic E-state index is 5.93. The van der Waals surface area contributed by atoms with E-state index in [1.165, 1.54) is 62.9 Å². The zero-order chi connectivity index (χ0) is 12.0. The minimum atomic E-state index is 0.467. The molecule has 2 heteroatoms. The van der Waals surface area contributed by atoms with E-state index in [4.69, 9.17) is 4.74 Å². The van der Waals surface area contributed by atoms with Crippen LogP contribution in [0.4, 0.5) is 0 Å². The molecule has 2 rings (SSSR count). The van der Waals surface area contributed by atoms with Gasteiger partial charge in [-0.25, -0.2) is 0 Å². The van der Waals surface area contributed by atoms with Crippen LogP contribution in [0.1, 0.15) is 58.3 Å². The molecule has 1 heterocycles. The van der Waals surface area contributed by atoms with Crippen molar-refractivity contribution >= 4 is 11.8 Å². The third-order valence-electron chi connectivity index (χ3n) is 4.29. The molecular formula is C15H26OS. The second-order valence-electron chi connectivity index (χ2n) is 5.66. The Morgan fingerprint density at radius 3 is 2.71 bits per heavy atom. The van der Waals surface area contributed by atoms with Gasteiger partial charge in [0.15, 0.2) is 0 Å². The highest BCUT2D eigenvalue weighted by molar-refractivity contribution is 7.99. The maximum Gasteiger partial charge on any atom is 0.0937 e. The average Bonchev–Trinajstić information content (AvgIpc) is 2.41. The van der Waals surface area contributed by atoms with Crippen LogP contribution in [0.2, 0.25) is 0 Å². The van der Waals surface area contributed by atoms with Crippen molar-refractivity contribution in [2.24, 2.45) is 5.41 Å². The highest BCUT2D eigenvalue weighted by atomic mass is 32.2. The second kappa shape index (κ2) is 6.72. The smallest absolute Gasteiger partial charge is 0.0937 e. The van der Waals surface area contributed by atoms with Gasteiger partial charge in [0.2, 0.25) is 0 Å². The van der Waals surface area contributed by atoms with Gasteiger partial charge in [-0.1, -0.05) is 13.3 Å². The molecule has 0 N–H and O–H groups in total. The molecule has 1 saturated heterocycles. The molecule has 2 fully saturated rings. The minimum Gasteiger partial charge on any atom is -0.501 e. The number of ether oxygens (including phenoxy) is 1. The van der Waals surface area contributed by atoms with Crippen LogP contribution in [0.25, 0.3) is 0 Å². The Labute approximate surface area is 110 Å². The molecule has 1 aliphatic heterocycles. The van der Waals surface area contributed by atoms with E-state index in [9.17, 15) is 0 Å².